The van der Waals surface area contributed by atoms with Crippen molar-refractivity contribution in [1.29, 1.82) is 0 Å². The number of nitrogens with zero attached hydrogens (tertiary/aromatic N) is 2. The Hall–Kier alpha value is -2.18. The standard InChI is InChI=1S/C20H26N4O2/c25-19(24-10-7-17(14-24)23-11-8-21-9-12-23)6-5-16-13-15-3-1-2-4-18(15)22-20(16)26/h1-4,13,17,21H,5-12,14H2,(H,22,26). The first kappa shape index (κ1) is 17.2. The molecule has 138 valence electrons. The number of rotatable bonds is 4. The van der Waals surface area contributed by atoms with Crippen molar-refractivity contribution in [3.05, 3.63) is 46.2 Å². The van der Waals surface area contributed by atoms with E-state index in [4.69, 9.17) is 0 Å². The first-order valence-electron chi connectivity index (χ1n) is 9.54. The summed E-state index contributed by atoms with van der Waals surface area (Å²) >= 11 is 0. The van der Waals surface area contributed by atoms with Crippen molar-refractivity contribution in [2.75, 3.05) is 39.3 Å². The normalized spacial score (nSPS) is 21.4. The van der Waals surface area contributed by atoms with E-state index in [-0.39, 0.29) is 11.5 Å². The molecule has 4 rings (SSSR count). The predicted molar refractivity (Wildman–Crippen MR) is 102 cm³/mol. The van der Waals surface area contributed by atoms with E-state index in [1.165, 1.54) is 0 Å². The number of hydrogen-bond acceptors (Lipinski definition) is 4. The second-order valence-electron chi connectivity index (χ2n) is 7.28. The predicted octanol–water partition coefficient (Wildman–Crippen LogP) is 0.967. The highest BCUT2D eigenvalue weighted by molar-refractivity contribution is 5.79. The van der Waals surface area contributed by atoms with Crippen molar-refractivity contribution in [3.63, 3.8) is 0 Å². The third-order valence-electron chi connectivity index (χ3n) is 5.62. The quantitative estimate of drug-likeness (QED) is 0.858. The summed E-state index contributed by atoms with van der Waals surface area (Å²) in [7, 11) is 0. The summed E-state index contributed by atoms with van der Waals surface area (Å²) in [5.41, 5.74) is 1.44. The number of para-hydroxylation sites is 1. The summed E-state index contributed by atoms with van der Waals surface area (Å²) in [4.78, 5) is 32.2. The molecule has 2 fully saturated rings. The van der Waals surface area contributed by atoms with E-state index in [1.54, 1.807) is 0 Å². The van der Waals surface area contributed by atoms with Crippen LogP contribution in [0.4, 0.5) is 0 Å². The highest BCUT2D eigenvalue weighted by Crippen LogP contribution is 2.18. The van der Waals surface area contributed by atoms with Crippen LogP contribution in [0, 0.1) is 0 Å². The molecule has 1 aromatic carbocycles. The molecule has 0 bridgehead atoms. The van der Waals surface area contributed by atoms with Gasteiger partial charge in [-0.05, 0) is 30.4 Å². The van der Waals surface area contributed by atoms with E-state index >= 15 is 0 Å². The zero-order chi connectivity index (χ0) is 17.9. The van der Waals surface area contributed by atoms with E-state index in [9.17, 15) is 9.59 Å². The fourth-order valence-electron chi connectivity index (χ4n) is 4.09. The monoisotopic (exact) mass is 354 g/mol. The summed E-state index contributed by atoms with van der Waals surface area (Å²) in [5, 5.41) is 4.38. The van der Waals surface area contributed by atoms with Crippen LogP contribution < -0.4 is 10.9 Å². The lowest BCUT2D eigenvalue weighted by Gasteiger charge is -2.32. The molecular weight excluding hydrogens is 328 g/mol. The number of carbonyl (C=O) groups excluding carboxylic acids is 1. The van der Waals surface area contributed by atoms with Crippen LogP contribution in [0.5, 0.6) is 0 Å². The Morgan fingerprint density at radius 1 is 1.15 bits per heavy atom. The van der Waals surface area contributed by atoms with Gasteiger partial charge >= 0.3 is 0 Å². The minimum Gasteiger partial charge on any atom is -0.341 e. The Morgan fingerprint density at radius 2 is 1.96 bits per heavy atom. The summed E-state index contributed by atoms with van der Waals surface area (Å²) in [6.07, 6.45) is 1.95. The Morgan fingerprint density at radius 3 is 2.81 bits per heavy atom. The van der Waals surface area contributed by atoms with Gasteiger partial charge in [0.25, 0.3) is 5.56 Å². The fourth-order valence-corrected chi connectivity index (χ4v) is 4.09. The van der Waals surface area contributed by atoms with Gasteiger partial charge in [-0.25, -0.2) is 0 Å². The molecule has 2 saturated heterocycles. The molecule has 0 aliphatic carbocycles. The molecule has 2 aliphatic heterocycles. The van der Waals surface area contributed by atoms with Gasteiger partial charge in [0.2, 0.25) is 5.91 Å². The molecule has 2 N–H and O–H groups in total. The van der Waals surface area contributed by atoms with Gasteiger partial charge in [-0.1, -0.05) is 18.2 Å². The molecule has 6 heteroatoms. The summed E-state index contributed by atoms with van der Waals surface area (Å²) < 4.78 is 0. The van der Waals surface area contributed by atoms with E-state index < -0.39 is 0 Å². The average Bonchev–Trinajstić information content (AvgIpc) is 3.17. The number of benzene rings is 1. The molecule has 0 radical (unpaired) electrons. The zero-order valence-corrected chi connectivity index (χ0v) is 15.0. The second kappa shape index (κ2) is 7.60. The van der Waals surface area contributed by atoms with Gasteiger partial charge in [-0.15, -0.1) is 0 Å². The van der Waals surface area contributed by atoms with E-state index in [0.29, 0.717) is 24.4 Å². The highest BCUT2D eigenvalue weighted by atomic mass is 16.2. The second-order valence-corrected chi connectivity index (χ2v) is 7.28. The van der Waals surface area contributed by atoms with Gasteiger partial charge in [-0.2, -0.15) is 0 Å². The van der Waals surface area contributed by atoms with Crippen LogP contribution in [-0.2, 0) is 11.2 Å². The number of fused-ring (bicyclic) bond motifs is 1. The maximum Gasteiger partial charge on any atom is 0.251 e. The largest absolute Gasteiger partial charge is 0.341 e. The zero-order valence-electron chi connectivity index (χ0n) is 15.0. The van der Waals surface area contributed by atoms with Crippen LogP contribution in [0.2, 0.25) is 0 Å². The number of nitrogens with one attached hydrogen (secondary N) is 2. The lowest BCUT2D eigenvalue weighted by atomic mass is 10.1. The number of likely N-dealkylation sites (tertiary alicyclic amines) is 1. The number of carbonyl (C=O) groups is 1. The molecule has 0 saturated carbocycles. The smallest absolute Gasteiger partial charge is 0.251 e. The first-order valence-corrected chi connectivity index (χ1v) is 9.54. The molecule has 2 aliphatic rings. The van der Waals surface area contributed by atoms with Crippen LogP contribution in [0.25, 0.3) is 10.9 Å². The molecule has 1 amide bonds. The maximum absolute atomic E-state index is 12.6. The Bertz CT molecular complexity index is 841. The summed E-state index contributed by atoms with van der Waals surface area (Å²) in [5.74, 6) is 0.162. The van der Waals surface area contributed by atoms with Crippen LogP contribution in [0.15, 0.2) is 35.1 Å². The van der Waals surface area contributed by atoms with Crippen molar-refractivity contribution in [2.24, 2.45) is 0 Å². The van der Waals surface area contributed by atoms with Gasteiger partial charge in [0.1, 0.15) is 0 Å². The van der Waals surface area contributed by atoms with Crippen molar-refractivity contribution in [3.8, 4) is 0 Å². The number of H-pyrrole nitrogens is 1. The molecule has 26 heavy (non-hydrogen) atoms. The van der Waals surface area contributed by atoms with Crippen LogP contribution in [-0.4, -0.2) is 66.0 Å². The van der Waals surface area contributed by atoms with Crippen molar-refractivity contribution in [2.45, 2.75) is 25.3 Å². The first-order chi connectivity index (χ1) is 12.7. The molecule has 1 atom stereocenters. The Kier molecular flexibility index (Phi) is 5.04. The maximum atomic E-state index is 12.6. The molecule has 2 aromatic rings. The molecular formula is C20H26N4O2. The number of aromatic nitrogens is 1. The van der Waals surface area contributed by atoms with E-state index in [1.807, 2.05) is 35.2 Å². The Labute approximate surface area is 153 Å². The van der Waals surface area contributed by atoms with E-state index in [2.05, 4.69) is 15.2 Å². The number of pyridine rings is 1. The molecule has 6 nitrogen and oxygen atoms in total. The number of hydrogen-bond donors (Lipinski definition) is 2. The Balaban J connectivity index is 1.35. The van der Waals surface area contributed by atoms with Gasteiger partial charge in [0.15, 0.2) is 0 Å². The molecule has 1 aromatic heterocycles. The van der Waals surface area contributed by atoms with Crippen LogP contribution >= 0.6 is 0 Å². The van der Waals surface area contributed by atoms with Crippen LogP contribution in [0.3, 0.4) is 0 Å². The number of aromatic amines is 1. The summed E-state index contributed by atoms with van der Waals surface area (Å²) in [6, 6.07) is 10.1. The molecule has 1 unspecified atom stereocenters. The van der Waals surface area contributed by atoms with Crippen molar-refractivity contribution in [1.82, 2.24) is 20.1 Å². The highest BCUT2D eigenvalue weighted by Gasteiger charge is 2.30. The minimum absolute atomic E-state index is 0.0865. The van der Waals surface area contributed by atoms with Gasteiger partial charge < -0.3 is 15.2 Å². The van der Waals surface area contributed by atoms with Crippen LogP contribution in [0.1, 0.15) is 18.4 Å². The lowest BCUT2D eigenvalue weighted by molar-refractivity contribution is -0.130. The lowest BCUT2D eigenvalue weighted by Crippen LogP contribution is -2.49. The third-order valence-corrected chi connectivity index (χ3v) is 5.62. The number of aryl methyl sites for hydroxylation is 1. The fraction of sp³-hybridized carbons (Fsp3) is 0.500. The summed E-state index contributed by atoms with van der Waals surface area (Å²) in [6.45, 7) is 5.87. The molecule has 3 heterocycles. The van der Waals surface area contributed by atoms with Gasteiger partial charge in [0.05, 0.1) is 0 Å². The van der Waals surface area contributed by atoms with Gasteiger partial charge in [-0.3, -0.25) is 14.5 Å². The van der Waals surface area contributed by atoms with E-state index in [0.717, 1.165) is 56.6 Å². The average molecular weight is 354 g/mol. The SMILES string of the molecule is O=C(CCc1cc2ccccc2[nH]c1=O)N1CCC(N2CCNCC2)C1. The third kappa shape index (κ3) is 3.66. The minimum atomic E-state index is -0.0865. The number of piperazine rings is 1. The molecule has 0 spiro atoms. The van der Waals surface area contributed by atoms with Crippen molar-refractivity contribution < 1.29 is 4.79 Å². The van der Waals surface area contributed by atoms with Gasteiger partial charge in [0, 0.05) is 62.8 Å². The topological polar surface area (TPSA) is 68.4 Å². The van der Waals surface area contributed by atoms with Crippen molar-refractivity contribution >= 4 is 16.8 Å². The number of amides is 1.